The van der Waals surface area contributed by atoms with Crippen molar-refractivity contribution in [2.24, 2.45) is 5.92 Å². The summed E-state index contributed by atoms with van der Waals surface area (Å²) in [6.07, 6.45) is 1.68. The van der Waals surface area contributed by atoms with Crippen LogP contribution in [0.3, 0.4) is 0 Å². The Morgan fingerprint density at radius 1 is 1.12 bits per heavy atom. The Labute approximate surface area is 101 Å². The molecule has 1 N–H and O–H groups in total. The molecule has 0 saturated heterocycles. The lowest BCUT2D eigenvalue weighted by atomic mass is 9.83. The maximum atomic E-state index is 12.6. The molecule has 0 aliphatic rings. The molecule has 0 bridgehead atoms. The van der Waals surface area contributed by atoms with Gasteiger partial charge in [-0.05, 0) is 39.2 Å². The van der Waals surface area contributed by atoms with Crippen LogP contribution in [0.2, 0.25) is 0 Å². The van der Waals surface area contributed by atoms with E-state index in [1.807, 2.05) is 13.8 Å². The van der Waals surface area contributed by atoms with E-state index in [1.54, 1.807) is 0 Å². The van der Waals surface area contributed by atoms with Crippen LogP contribution in [0.4, 0.5) is 0 Å². The van der Waals surface area contributed by atoms with Gasteiger partial charge < -0.3 is 15.6 Å². The second-order valence-electron chi connectivity index (χ2n) is 5.32. The monoisotopic (exact) mass is 229 g/mol. The lowest BCUT2D eigenvalue weighted by molar-refractivity contribution is -0.0105. The third-order valence-electron chi connectivity index (χ3n) is 4.12. The molecule has 16 heavy (non-hydrogen) atoms. The van der Waals surface area contributed by atoms with Crippen LogP contribution < -0.4 is 5.32 Å². The van der Waals surface area contributed by atoms with Crippen LogP contribution in [0.25, 0.3) is 0 Å². The molecule has 0 amide bonds. The topological polar surface area (TPSA) is 38.3 Å². The van der Waals surface area contributed by atoms with Crippen molar-refractivity contribution in [2.75, 3.05) is 6.54 Å². The number of nitrogens with one attached hydrogen (secondary N) is 1. The van der Waals surface area contributed by atoms with E-state index in [4.69, 9.17) is 0 Å². The van der Waals surface area contributed by atoms with Crippen molar-refractivity contribution in [1.82, 2.24) is 10.4 Å². The van der Waals surface area contributed by atoms with Crippen molar-refractivity contribution in [1.29, 1.82) is 0 Å². The van der Waals surface area contributed by atoms with Gasteiger partial charge in [0.15, 0.2) is 0 Å². The van der Waals surface area contributed by atoms with Crippen LogP contribution in [0, 0.1) is 11.1 Å². The molecular weight excluding hydrogens is 200 g/mol. The van der Waals surface area contributed by atoms with E-state index in [0.29, 0.717) is 5.92 Å². The number of hydrogen-bond acceptors (Lipinski definition) is 3. The first-order valence-electron chi connectivity index (χ1n) is 6.51. The number of hydroxylamine groups is 2. The number of hydrogen-bond donors (Lipinski definition) is 1. The lowest BCUT2D eigenvalue weighted by Crippen LogP contribution is -2.63. The first-order valence-corrected chi connectivity index (χ1v) is 6.51. The predicted molar refractivity (Wildman–Crippen MR) is 71.1 cm³/mol. The minimum absolute atomic E-state index is 0.299. The van der Waals surface area contributed by atoms with Gasteiger partial charge in [0.25, 0.3) is 0 Å². The van der Waals surface area contributed by atoms with Crippen molar-refractivity contribution in [3.05, 3.63) is 5.21 Å². The van der Waals surface area contributed by atoms with Gasteiger partial charge in [0, 0.05) is 5.54 Å². The summed E-state index contributed by atoms with van der Waals surface area (Å²) in [6, 6.07) is 0. The standard InChI is InChI=1S/C13H29N2O/c1-8-12(6,11(4)5)15(16)13(7,9-2)14-10-3/h11,14H,8-10H2,1-7H3/q-1. The van der Waals surface area contributed by atoms with Gasteiger partial charge in [0.1, 0.15) is 0 Å². The highest BCUT2D eigenvalue weighted by Gasteiger charge is 2.36. The van der Waals surface area contributed by atoms with Crippen molar-refractivity contribution >= 4 is 0 Å². The van der Waals surface area contributed by atoms with Crippen molar-refractivity contribution in [2.45, 2.75) is 72.5 Å². The van der Waals surface area contributed by atoms with Gasteiger partial charge in [-0.15, -0.1) is 0 Å². The Hall–Kier alpha value is -0.120. The van der Waals surface area contributed by atoms with Gasteiger partial charge in [-0.3, -0.25) is 0 Å². The summed E-state index contributed by atoms with van der Waals surface area (Å²) in [7, 11) is 0. The van der Waals surface area contributed by atoms with E-state index >= 15 is 0 Å². The molecule has 0 fully saturated rings. The van der Waals surface area contributed by atoms with E-state index in [0.717, 1.165) is 19.4 Å². The van der Waals surface area contributed by atoms with Crippen LogP contribution >= 0.6 is 0 Å². The smallest absolute Gasteiger partial charge is 0.0570 e. The average Bonchev–Trinajstić information content (AvgIpc) is 2.26. The normalized spacial score (nSPS) is 19.9. The molecule has 0 radical (unpaired) electrons. The summed E-state index contributed by atoms with van der Waals surface area (Å²) in [5.74, 6) is 0.347. The summed E-state index contributed by atoms with van der Waals surface area (Å²) in [4.78, 5) is 0. The van der Waals surface area contributed by atoms with Gasteiger partial charge in [-0.1, -0.05) is 34.6 Å². The second-order valence-corrected chi connectivity index (χ2v) is 5.32. The fourth-order valence-corrected chi connectivity index (χ4v) is 2.07. The van der Waals surface area contributed by atoms with Gasteiger partial charge in [0.05, 0.1) is 5.66 Å². The average molecular weight is 229 g/mol. The molecule has 0 aromatic heterocycles. The highest BCUT2D eigenvalue weighted by atomic mass is 16.5. The molecule has 0 spiro atoms. The zero-order valence-electron chi connectivity index (χ0n) is 12.1. The second kappa shape index (κ2) is 5.99. The third kappa shape index (κ3) is 2.96. The Balaban J connectivity index is 5.04. The van der Waals surface area contributed by atoms with Gasteiger partial charge >= 0.3 is 0 Å². The molecule has 0 aromatic rings. The summed E-state index contributed by atoms with van der Waals surface area (Å²) >= 11 is 0. The van der Waals surface area contributed by atoms with E-state index in [2.05, 4.69) is 39.9 Å². The molecular formula is C13H29N2O-. The fraction of sp³-hybridized carbons (Fsp3) is 1.00. The Kier molecular flexibility index (Phi) is 5.94. The van der Waals surface area contributed by atoms with E-state index in [-0.39, 0.29) is 5.54 Å². The minimum atomic E-state index is -0.455. The lowest BCUT2D eigenvalue weighted by Gasteiger charge is -2.58. The van der Waals surface area contributed by atoms with Crippen molar-refractivity contribution in [3.63, 3.8) is 0 Å². The van der Waals surface area contributed by atoms with Gasteiger partial charge in [-0.2, -0.15) is 0 Å². The molecule has 0 heterocycles. The molecule has 98 valence electrons. The van der Waals surface area contributed by atoms with Crippen molar-refractivity contribution < 1.29 is 0 Å². The SMILES string of the molecule is CCNC(C)(CC)N([O-])C(C)(CC)C(C)C. The largest absolute Gasteiger partial charge is 0.783 e. The molecule has 0 aromatic carbocycles. The third-order valence-corrected chi connectivity index (χ3v) is 4.12. The maximum absolute atomic E-state index is 12.6. The molecule has 0 rings (SSSR count). The summed E-state index contributed by atoms with van der Waals surface area (Å²) < 4.78 is 0. The zero-order valence-corrected chi connectivity index (χ0v) is 12.1. The Bertz CT molecular complexity index is 208. The maximum Gasteiger partial charge on any atom is 0.0570 e. The molecule has 2 unspecified atom stereocenters. The van der Waals surface area contributed by atoms with Crippen LogP contribution in [-0.4, -0.2) is 22.8 Å². The van der Waals surface area contributed by atoms with E-state index in [1.165, 1.54) is 5.06 Å². The molecule has 0 aliphatic heterocycles. The fourth-order valence-electron chi connectivity index (χ4n) is 2.07. The quantitative estimate of drug-likeness (QED) is 0.537. The molecule has 3 nitrogen and oxygen atoms in total. The van der Waals surface area contributed by atoms with Crippen LogP contribution in [0.1, 0.15) is 61.3 Å². The number of rotatable bonds is 7. The van der Waals surface area contributed by atoms with E-state index < -0.39 is 5.66 Å². The van der Waals surface area contributed by atoms with E-state index in [9.17, 15) is 5.21 Å². The van der Waals surface area contributed by atoms with Crippen LogP contribution in [-0.2, 0) is 0 Å². The Morgan fingerprint density at radius 3 is 1.88 bits per heavy atom. The highest BCUT2D eigenvalue weighted by molar-refractivity contribution is 4.96. The summed E-state index contributed by atoms with van der Waals surface area (Å²) in [5.41, 5.74) is -0.753. The van der Waals surface area contributed by atoms with Crippen LogP contribution in [0.5, 0.6) is 0 Å². The predicted octanol–water partition coefficient (Wildman–Crippen LogP) is 3.35. The molecule has 0 saturated carbocycles. The Morgan fingerprint density at radius 2 is 1.62 bits per heavy atom. The first kappa shape index (κ1) is 15.9. The molecule has 2 atom stereocenters. The first-order chi connectivity index (χ1) is 7.28. The summed E-state index contributed by atoms with van der Waals surface area (Å²) in [6.45, 7) is 15.3. The highest BCUT2D eigenvalue weighted by Crippen LogP contribution is 2.33. The number of nitrogens with zero attached hydrogens (tertiary/aromatic N) is 1. The van der Waals surface area contributed by atoms with Gasteiger partial charge in [-0.25, -0.2) is 0 Å². The molecule has 3 heteroatoms. The molecule has 0 aliphatic carbocycles. The zero-order chi connectivity index (χ0) is 13.0. The minimum Gasteiger partial charge on any atom is -0.783 e. The van der Waals surface area contributed by atoms with Gasteiger partial charge in [0.2, 0.25) is 0 Å². The summed E-state index contributed by atoms with van der Waals surface area (Å²) in [5, 5.41) is 17.2. The van der Waals surface area contributed by atoms with Crippen molar-refractivity contribution in [3.8, 4) is 0 Å². The van der Waals surface area contributed by atoms with Crippen LogP contribution in [0.15, 0.2) is 0 Å².